The summed E-state index contributed by atoms with van der Waals surface area (Å²) in [7, 11) is 2.92. The van der Waals surface area contributed by atoms with E-state index in [1.165, 1.54) is 26.4 Å². The molecular weight excluding hydrogens is 340 g/mol. The maximum absolute atomic E-state index is 12.0. The molecule has 2 rings (SSSR count). The molecule has 0 spiro atoms. The molecule has 1 amide bonds. The molecule has 0 aliphatic rings. The fourth-order valence-electron chi connectivity index (χ4n) is 2.47. The molecule has 8 nitrogen and oxygen atoms in total. The van der Waals surface area contributed by atoms with E-state index in [-0.39, 0.29) is 29.5 Å². The van der Waals surface area contributed by atoms with Gasteiger partial charge in [-0.05, 0) is 29.7 Å². The fraction of sp³-hybridized carbons (Fsp3) is 0.278. The van der Waals surface area contributed by atoms with Gasteiger partial charge < -0.3 is 19.9 Å². The van der Waals surface area contributed by atoms with Gasteiger partial charge in [-0.25, -0.2) is 0 Å². The van der Waals surface area contributed by atoms with E-state index in [1.807, 2.05) is 0 Å². The van der Waals surface area contributed by atoms with Crippen molar-refractivity contribution in [1.29, 1.82) is 0 Å². The zero-order valence-corrected chi connectivity index (χ0v) is 14.5. The Labute approximate surface area is 150 Å². The molecule has 0 aromatic heterocycles. The maximum atomic E-state index is 12.0. The first-order valence-electron chi connectivity index (χ1n) is 7.88. The molecule has 0 bridgehead atoms. The van der Waals surface area contributed by atoms with Crippen molar-refractivity contribution >= 4 is 11.6 Å². The van der Waals surface area contributed by atoms with Gasteiger partial charge in [0.25, 0.3) is 5.69 Å². The Kier molecular flexibility index (Phi) is 6.37. The third-order valence-corrected chi connectivity index (χ3v) is 3.77. The number of nitrogens with zero attached hydrogens (tertiary/aromatic N) is 1. The van der Waals surface area contributed by atoms with Crippen molar-refractivity contribution in [3.63, 3.8) is 0 Å². The van der Waals surface area contributed by atoms with Crippen LogP contribution in [0.2, 0.25) is 0 Å². The van der Waals surface area contributed by atoms with Gasteiger partial charge in [0.1, 0.15) is 0 Å². The summed E-state index contributed by atoms with van der Waals surface area (Å²) < 4.78 is 10.2. The van der Waals surface area contributed by atoms with E-state index in [9.17, 15) is 20.0 Å². The number of phenolic OH excluding ortho intramolecular Hbond substituents is 1. The van der Waals surface area contributed by atoms with Crippen LogP contribution in [0.4, 0.5) is 5.69 Å². The molecule has 2 aromatic rings. The summed E-state index contributed by atoms with van der Waals surface area (Å²) in [5, 5.41) is 23.3. The lowest BCUT2D eigenvalue weighted by molar-refractivity contribution is -0.384. The van der Waals surface area contributed by atoms with Crippen LogP contribution in [0.25, 0.3) is 0 Å². The normalized spacial score (nSPS) is 10.2. The number of aromatic hydroxyl groups is 1. The molecule has 2 aromatic carbocycles. The third-order valence-electron chi connectivity index (χ3n) is 3.77. The van der Waals surface area contributed by atoms with Gasteiger partial charge in [0.05, 0.1) is 25.6 Å². The third kappa shape index (κ3) is 4.85. The zero-order chi connectivity index (χ0) is 19.1. The fourth-order valence-corrected chi connectivity index (χ4v) is 2.47. The Morgan fingerprint density at radius 1 is 1.15 bits per heavy atom. The van der Waals surface area contributed by atoms with Gasteiger partial charge in [-0.15, -0.1) is 0 Å². The summed E-state index contributed by atoms with van der Waals surface area (Å²) >= 11 is 0. The number of carbonyl (C=O) groups excluding carboxylic acids is 1. The van der Waals surface area contributed by atoms with Crippen molar-refractivity contribution in [2.75, 3.05) is 20.8 Å². The van der Waals surface area contributed by atoms with Crippen molar-refractivity contribution in [2.24, 2.45) is 0 Å². The van der Waals surface area contributed by atoms with Crippen LogP contribution in [-0.2, 0) is 17.6 Å². The van der Waals surface area contributed by atoms with Crippen molar-refractivity contribution < 1.29 is 24.3 Å². The number of amides is 1. The van der Waals surface area contributed by atoms with Gasteiger partial charge in [-0.3, -0.25) is 14.9 Å². The summed E-state index contributed by atoms with van der Waals surface area (Å²) in [6.45, 7) is 0.376. The van der Waals surface area contributed by atoms with Crippen LogP contribution in [0, 0.1) is 10.1 Å². The van der Waals surface area contributed by atoms with E-state index in [1.54, 1.807) is 24.3 Å². The Bertz CT molecular complexity index is 789. The largest absolute Gasteiger partial charge is 0.504 e. The van der Waals surface area contributed by atoms with Gasteiger partial charge in [0.2, 0.25) is 11.7 Å². The van der Waals surface area contributed by atoms with Crippen molar-refractivity contribution in [3.05, 3.63) is 57.6 Å². The number of rotatable bonds is 8. The highest BCUT2D eigenvalue weighted by molar-refractivity contribution is 5.78. The molecule has 26 heavy (non-hydrogen) atoms. The molecule has 8 heteroatoms. The Morgan fingerprint density at radius 3 is 2.42 bits per heavy atom. The van der Waals surface area contributed by atoms with E-state index < -0.39 is 4.92 Å². The van der Waals surface area contributed by atoms with Crippen molar-refractivity contribution in [2.45, 2.75) is 12.8 Å². The standard InChI is InChI=1S/C18H20N2O6/c1-25-16-10-13(9-15(21)18(16)26-2)7-8-19-17(22)11-12-3-5-14(6-4-12)20(23)24/h3-6,9-10,21H,7-8,11H2,1-2H3,(H,19,22). The van der Waals surface area contributed by atoms with Crippen molar-refractivity contribution in [1.82, 2.24) is 5.32 Å². The highest BCUT2D eigenvalue weighted by atomic mass is 16.6. The predicted octanol–water partition coefficient (Wildman–Crippen LogP) is 2.22. The minimum absolute atomic E-state index is 0.0116. The number of nitro groups is 1. The number of phenols is 1. The smallest absolute Gasteiger partial charge is 0.269 e. The van der Waals surface area contributed by atoms with Crippen LogP contribution in [0.15, 0.2) is 36.4 Å². The molecule has 0 saturated carbocycles. The first-order valence-corrected chi connectivity index (χ1v) is 7.88. The topological polar surface area (TPSA) is 111 Å². The molecule has 2 N–H and O–H groups in total. The average Bonchev–Trinajstić information content (AvgIpc) is 2.61. The lowest BCUT2D eigenvalue weighted by Gasteiger charge is -2.12. The van der Waals surface area contributed by atoms with Gasteiger partial charge in [-0.1, -0.05) is 12.1 Å². The quantitative estimate of drug-likeness (QED) is 0.552. The number of carbonyl (C=O) groups is 1. The highest BCUT2D eigenvalue weighted by Gasteiger charge is 2.12. The molecule has 0 radical (unpaired) electrons. The summed E-state index contributed by atoms with van der Waals surface area (Å²) in [6.07, 6.45) is 0.634. The number of nitro benzene ring substituents is 1. The van der Waals surface area contributed by atoms with E-state index in [0.29, 0.717) is 24.3 Å². The van der Waals surface area contributed by atoms with E-state index in [2.05, 4.69) is 5.32 Å². The molecule has 0 aliphatic carbocycles. The van der Waals surface area contributed by atoms with Crippen LogP contribution < -0.4 is 14.8 Å². The summed E-state index contributed by atoms with van der Waals surface area (Å²) in [4.78, 5) is 22.1. The molecule has 138 valence electrons. The Balaban J connectivity index is 1.88. The highest BCUT2D eigenvalue weighted by Crippen LogP contribution is 2.37. The molecule has 0 unspecified atom stereocenters. The molecule has 0 fully saturated rings. The number of hydrogen-bond donors (Lipinski definition) is 2. The predicted molar refractivity (Wildman–Crippen MR) is 94.7 cm³/mol. The lowest BCUT2D eigenvalue weighted by Crippen LogP contribution is -2.27. The van der Waals surface area contributed by atoms with Gasteiger partial charge in [-0.2, -0.15) is 0 Å². The molecule has 0 heterocycles. The van der Waals surface area contributed by atoms with Gasteiger partial charge in [0, 0.05) is 18.7 Å². The molecule has 0 atom stereocenters. The number of hydrogen-bond acceptors (Lipinski definition) is 6. The number of methoxy groups -OCH3 is 2. The summed E-state index contributed by atoms with van der Waals surface area (Å²) in [6, 6.07) is 9.16. The van der Waals surface area contributed by atoms with Crippen molar-refractivity contribution in [3.8, 4) is 17.2 Å². The van der Waals surface area contributed by atoms with Crippen LogP contribution >= 0.6 is 0 Å². The lowest BCUT2D eigenvalue weighted by atomic mass is 10.1. The number of nitrogens with one attached hydrogen (secondary N) is 1. The average molecular weight is 360 g/mol. The van der Waals surface area contributed by atoms with Crippen LogP contribution in [0.3, 0.4) is 0 Å². The zero-order valence-electron chi connectivity index (χ0n) is 14.5. The Morgan fingerprint density at radius 2 is 1.85 bits per heavy atom. The van der Waals surface area contributed by atoms with Gasteiger partial charge >= 0.3 is 0 Å². The first kappa shape index (κ1) is 19.0. The molecule has 0 aliphatic heterocycles. The maximum Gasteiger partial charge on any atom is 0.269 e. The number of non-ortho nitro benzene ring substituents is 1. The number of ether oxygens (including phenoxy) is 2. The van der Waals surface area contributed by atoms with E-state index in [4.69, 9.17) is 9.47 Å². The second-order valence-corrected chi connectivity index (χ2v) is 5.55. The summed E-state index contributed by atoms with van der Waals surface area (Å²) in [5.74, 6) is 0.459. The first-order chi connectivity index (χ1) is 12.4. The number of benzene rings is 2. The SMILES string of the molecule is COc1cc(CCNC(=O)Cc2ccc([N+](=O)[O-])cc2)cc(O)c1OC. The second-order valence-electron chi connectivity index (χ2n) is 5.55. The van der Waals surface area contributed by atoms with Crippen LogP contribution in [0.1, 0.15) is 11.1 Å². The minimum Gasteiger partial charge on any atom is -0.504 e. The van der Waals surface area contributed by atoms with Crippen LogP contribution in [-0.4, -0.2) is 36.7 Å². The molecular formula is C18H20N2O6. The van der Waals surface area contributed by atoms with E-state index >= 15 is 0 Å². The second kappa shape index (κ2) is 8.70. The monoisotopic (exact) mass is 360 g/mol. The Hall–Kier alpha value is -3.29. The van der Waals surface area contributed by atoms with E-state index in [0.717, 1.165) is 5.56 Å². The van der Waals surface area contributed by atoms with Crippen LogP contribution in [0.5, 0.6) is 17.2 Å². The van der Waals surface area contributed by atoms with Gasteiger partial charge in [0.15, 0.2) is 11.5 Å². The molecule has 0 saturated heterocycles. The summed E-state index contributed by atoms with van der Waals surface area (Å²) in [5.41, 5.74) is 1.47. The minimum atomic E-state index is -0.484.